The van der Waals surface area contributed by atoms with Crippen LogP contribution in [0.1, 0.15) is 29.0 Å². The van der Waals surface area contributed by atoms with E-state index in [9.17, 15) is 22.8 Å². The largest absolute Gasteiger partial charge is 0.497 e. The van der Waals surface area contributed by atoms with E-state index in [0.29, 0.717) is 17.1 Å². The number of carbonyl (C=O) groups excluding carboxylic acids is 2. The van der Waals surface area contributed by atoms with Crippen LogP contribution in [-0.2, 0) is 11.3 Å². The van der Waals surface area contributed by atoms with Crippen molar-refractivity contribution >= 4 is 11.8 Å². The Morgan fingerprint density at radius 1 is 1.12 bits per heavy atom. The van der Waals surface area contributed by atoms with E-state index >= 15 is 0 Å². The molecule has 7 nitrogen and oxygen atoms in total. The van der Waals surface area contributed by atoms with Gasteiger partial charge in [-0.2, -0.15) is 13.2 Å². The number of benzene rings is 1. The number of hydrogen-bond donors (Lipinski definition) is 0. The van der Waals surface area contributed by atoms with Crippen LogP contribution in [0.2, 0.25) is 0 Å². The van der Waals surface area contributed by atoms with Crippen molar-refractivity contribution < 1.29 is 36.7 Å². The second-order valence-electron chi connectivity index (χ2n) is 7.56. The van der Waals surface area contributed by atoms with Crippen molar-refractivity contribution in [3.05, 3.63) is 47.9 Å². The molecule has 2 amide bonds. The molecule has 0 radical (unpaired) electrons. The average Bonchev–Trinajstić information content (AvgIpc) is 3.29. The van der Waals surface area contributed by atoms with Gasteiger partial charge in [0.05, 0.1) is 27.0 Å². The van der Waals surface area contributed by atoms with Crippen molar-refractivity contribution in [2.45, 2.75) is 25.6 Å². The molecule has 1 aromatic heterocycles. The van der Waals surface area contributed by atoms with E-state index in [1.54, 1.807) is 29.2 Å². The molecule has 1 saturated heterocycles. The van der Waals surface area contributed by atoms with E-state index in [0.717, 1.165) is 4.90 Å². The summed E-state index contributed by atoms with van der Waals surface area (Å²) in [6, 6.07) is 7.92. The number of methoxy groups -OCH3 is 2. The number of hydrogen-bond acceptors (Lipinski definition) is 5. The highest BCUT2D eigenvalue weighted by molar-refractivity contribution is 5.95. The first kappa shape index (κ1) is 23.5. The fourth-order valence-electron chi connectivity index (χ4n) is 3.72. The van der Waals surface area contributed by atoms with Gasteiger partial charge in [0.25, 0.3) is 5.91 Å². The third-order valence-corrected chi connectivity index (χ3v) is 5.34. The number of piperidine rings is 1. The van der Waals surface area contributed by atoms with Crippen LogP contribution in [0.5, 0.6) is 11.5 Å². The number of likely N-dealkylation sites (tertiary alicyclic amines) is 1. The quantitative estimate of drug-likeness (QED) is 0.638. The van der Waals surface area contributed by atoms with Crippen LogP contribution in [0.3, 0.4) is 0 Å². The van der Waals surface area contributed by atoms with Crippen LogP contribution in [-0.4, -0.2) is 61.6 Å². The van der Waals surface area contributed by atoms with Gasteiger partial charge in [-0.3, -0.25) is 9.59 Å². The Morgan fingerprint density at radius 2 is 1.75 bits per heavy atom. The molecule has 1 aromatic carbocycles. The summed E-state index contributed by atoms with van der Waals surface area (Å²) in [5, 5.41) is 0. The van der Waals surface area contributed by atoms with E-state index < -0.39 is 24.5 Å². The maximum absolute atomic E-state index is 13.0. The van der Waals surface area contributed by atoms with Crippen LogP contribution < -0.4 is 9.47 Å². The predicted molar refractivity (Wildman–Crippen MR) is 108 cm³/mol. The molecule has 0 saturated carbocycles. The van der Waals surface area contributed by atoms with Gasteiger partial charge in [0.1, 0.15) is 23.8 Å². The lowest BCUT2D eigenvalue weighted by Crippen LogP contribution is -2.46. The highest BCUT2D eigenvalue weighted by Crippen LogP contribution is 2.27. The van der Waals surface area contributed by atoms with Gasteiger partial charge in [-0.25, -0.2) is 0 Å². The summed E-state index contributed by atoms with van der Waals surface area (Å²) in [6.07, 6.45) is -2.62. The SMILES string of the molecule is COc1cc(OC)cc(C(=O)N2CCC(C(=O)N(Cc3ccco3)CC(F)(F)F)CC2)c1. The molecule has 1 fully saturated rings. The lowest BCUT2D eigenvalue weighted by molar-refractivity contribution is -0.166. The Kier molecular flexibility index (Phi) is 7.32. The van der Waals surface area contributed by atoms with Crippen molar-refractivity contribution in [1.82, 2.24) is 9.80 Å². The van der Waals surface area contributed by atoms with Crippen molar-refractivity contribution in [3.63, 3.8) is 0 Å². The smallest absolute Gasteiger partial charge is 0.406 e. The monoisotopic (exact) mass is 454 g/mol. The summed E-state index contributed by atoms with van der Waals surface area (Å²) >= 11 is 0. The summed E-state index contributed by atoms with van der Waals surface area (Å²) in [6.45, 7) is -1.09. The van der Waals surface area contributed by atoms with Gasteiger partial charge < -0.3 is 23.7 Å². The Bertz CT molecular complexity index is 900. The zero-order chi connectivity index (χ0) is 23.3. The van der Waals surface area contributed by atoms with Gasteiger partial charge in [-0.15, -0.1) is 0 Å². The zero-order valence-electron chi connectivity index (χ0n) is 17.9. The first-order chi connectivity index (χ1) is 15.2. The van der Waals surface area contributed by atoms with E-state index in [-0.39, 0.29) is 44.1 Å². The zero-order valence-corrected chi connectivity index (χ0v) is 17.9. The maximum atomic E-state index is 13.0. The Balaban J connectivity index is 1.65. The summed E-state index contributed by atoms with van der Waals surface area (Å²) < 4.78 is 54.6. The Hall–Kier alpha value is -3.17. The molecular weight excluding hydrogens is 429 g/mol. The summed E-state index contributed by atoms with van der Waals surface area (Å²) in [5.41, 5.74) is 0.377. The van der Waals surface area contributed by atoms with Crippen molar-refractivity contribution in [3.8, 4) is 11.5 Å². The minimum atomic E-state index is -4.52. The Labute approximate surface area is 183 Å². The molecular formula is C22H25F3N2O5. The summed E-state index contributed by atoms with van der Waals surface area (Å²) in [5.74, 6) is -0.222. The molecule has 2 heterocycles. The highest BCUT2D eigenvalue weighted by Gasteiger charge is 2.37. The van der Waals surface area contributed by atoms with Crippen LogP contribution >= 0.6 is 0 Å². The lowest BCUT2D eigenvalue weighted by Gasteiger charge is -2.34. The molecule has 174 valence electrons. The lowest BCUT2D eigenvalue weighted by atomic mass is 9.94. The maximum Gasteiger partial charge on any atom is 0.406 e. The minimum absolute atomic E-state index is 0.254. The molecule has 0 aliphatic carbocycles. The standard InChI is InChI=1S/C22H25F3N2O5/c1-30-18-10-16(11-19(12-18)31-2)21(29)26-7-5-15(6-8-26)20(28)27(14-22(23,24)25)13-17-4-3-9-32-17/h3-4,9-12,15H,5-8,13-14H2,1-2H3. The molecule has 2 aromatic rings. The van der Waals surface area contributed by atoms with Crippen molar-refractivity contribution in [1.29, 1.82) is 0 Å². The van der Waals surface area contributed by atoms with Gasteiger partial charge in [-0.1, -0.05) is 0 Å². The third kappa shape index (κ3) is 5.95. The number of alkyl halides is 3. The number of carbonyl (C=O) groups is 2. The van der Waals surface area contributed by atoms with Crippen LogP contribution in [0, 0.1) is 5.92 Å². The first-order valence-electron chi connectivity index (χ1n) is 10.1. The fourth-order valence-corrected chi connectivity index (χ4v) is 3.72. The fraction of sp³-hybridized carbons (Fsp3) is 0.455. The molecule has 0 N–H and O–H groups in total. The number of ether oxygens (including phenoxy) is 2. The molecule has 0 atom stereocenters. The predicted octanol–water partition coefficient (Wildman–Crippen LogP) is 3.74. The topological polar surface area (TPSA) is 72.2 Å². The molecule has 0 spiro atoms. The van der Waals surface area contributed by atoms with Crippen LogP contribution in [0.15, 0.2) is 41.0 Å². The van der Waals surface area contributed by atoms with Crippen LogP contribution in [0.25, 0.3) is 0 Å². The van der Waals surface area contributed by atoms with Gasteiger partial charge in [0.15, 0.2) is 0 Å². The van der Waals surface area contributed by atoms with Gasteiger partial charge in [0.2, 0.25) is 5.91 Å². The molecule has 32 heavy (non-hydrogen) atoms. The van der Waals surface area contributed by atoms with Crippen LogP contribution in [0.4, 0.5) is 13.2 Å². The number of rotatable bonds is 7. The average molecular weight is 454 g/mol. The van der Waals surface area contributed by atoms with Crippen molar-refractivity contribution in [2.24, 2.45) is 5.92 Å². The van der Waals surface area contributed by atoms with Gasteiger partial charge in [-0.05, 0) is 37.1 Å². The molecule has 0 unspecified atom stereocenters. The van der Waals surface area contributed by atoms with E-state index in [2.05, 4.69) is 0 Å². The normalized spacial score (nSPS) is 14.8. The van der Waals surface area contributed by atoms with Crippen molar-refractivity contribution in [2.75, 3.05) is 33.9 Å². The first-order valence-corrected chi connectivity index (χ1v) is 10.1. The van der Waals surface area contributed by atoms with E-state index in [1.165, 1.54) is 26.5 Å². The molecule has 10 heteroatoms. The third-order valence-electron chi connectivity index (χ3n) is 5.34. The van der Waals surface area contributed by atoms with Gasteiger partial charge >= 0.3 is 6.18 Å². The molecule has 0 bridgehead atoms. The molecule has 3 rings (SSSR count). The number of furan rings is 1. The molecule has 1 aliphatic rings. The Morgan fingerprint density at radius 3 is 2.25 bits per heavy atom. The van der Waals surface area contributed by atoms with E-state index in [1.807, 2.05) is 0 Å². The summed E-state index contributed by atoms with van der Waals surface area (Å²) in [7, 11) is 2.96. The summed E-state index contributed by atoms with van der Waals surface area (Å²) in [4.78, 5) is 28.1. The molecule has 1 aliphatic heterocycles. The second kappa shape index (κ2) is 9.97. The van der Waals surface area contributed by atoms with Gasteiger partial charge in [0, 0.05) is 30.6 Å². The van der Waals surface area contributed by atoms with E-state index in [4.69, 9.17) is 13.9 Å². The number of halogens is 3. The number of amides is 2. The number of nitrogens with zero attached hydrogens (tertiary/aromatic N) is 2. The second-order valence-corrected chi connectivity index (χ2v) is 7.56. The minimum Gasteiger partial charge on any atom is -0.497 e. The highest BCUT2D eigenvalue weighted by atomic mass is 19.4.